The van der Waals surface area contributed by atoms with Crippen LogP contribution >= 0.6 is 0 Å². The van der Waals surface area contributed by atoms with Crippen LogP contribution < -0.4 is 11.1 Å². The number of hydrogen-bond acceptors (Lipinski definition) is 3. The molecule has 0 aromatic carbocycles. The van der Waals surface area contributed by atoms with E-state index < -0.39 is 5.54 Å². The summed E-state index contributed by atoms with van der Waals surface area (Å²) >= 11 is 0. The first-order valence-corrected chi connectivity index (χ1v) is 8.54. The molecule has 0 aliphatic heterocycles. The molecule has 3 N–H and O–H groups in total. The molecular weight excluding hydrogens is 262 g/mol. The number of carbonyl (C=O) groups is 1. The SMILES string of the molecule is CC(C)NC(C)(CCCN(C)C1CCCCC1C)C(N)=O. The third kappa shape index (κ3) is 5.59. The fourth-order valence-electron chi connectivity index (χ4n) is 3.70. The minimum atomic E-state index is -0.590. The van der Waals surface area contributed by atoms with Crippen LogP contribution in [0.15, 0.2) is 0 Å². The Balaban J connectivity index is 2.44. The third-order valence-corrected chi connectivity index (χ3v) is 4.97. The molecule has 0 radical (unpaired) electrons. The van der Waals surface area contributed by atoms with Crippen LogP contribution in [0.4, 0.5) is 0 Å². The van der Waals surface area contributed by atoms with Crippen molar-refractivity contribution in [2.24, 2.45) is 11.7 Å². The molecule has 0 aromatic rings. The van der Waals surface area contributed by atoms with Crippen molar-refractivity contribution in [2.75, 3.05) is 13.6 Å². The number of amides is 1. The standard InChI is InChI=1S/C17H35N3O/c1-13(2)19-17(4,16(18)21)11-8-12-20(5)15-10-7-6-9-14(15)3/h13-15,19H,6-12H2,1-5H3,(H2,18,21). The maximum Gasteiger partial charge on any atom is 0.237 e. The highest BCUT2D eigenvalue weighted by Crippen LogP contribution is 2.27. The summed E-state index contributed by atoms with van der Waals surface area (Å²) in [6.07, 6.45) is 7.19. The minimum absolute atomic E-state index is 0.245. The molecule has 0 aromatic heterocycles. The predicted octanol–water partition coefficient (Wildman–Crippen LogP) is 2.52. The Morgan fingerprint density at radius 3 is 2.52 bits per heavy atom. The molecule has 4 heteroatoms. The Morgan fingerprint density at radius 1 is 1.38 bits per heavy atom. The van der Waals surface area contributed by atoms with E-state index in [2.05, 4.69) is 38.0 Å². The summed E-state index contributed by atoms with van der Waals surface area (Å²) in [7, 11) is 2.23. The highest BCUT2D eigenvalue weighted by atomic mass is 16.1. The zero-order valence-electron chi connectivity index (χ0n) is 14.6. The highest BCUT2D eigenvalue weighted by Gasteiger charge is 2.31. The van der Waals surface area contributed by atoms with Gasteiger partial charge in [-0.25, -0.2) is 0 Å². The van der Waals surface area contributed by atoms with Crippen LogP contribution in [0.2, 0.25) is 0 Å². The van der Waals surface area contributed by atoms with Crippen molar-refractivity contribution in [1.29, 1.82) is 0 Å². The van der Waals surface area contributed by atoms with Gasteiger partial charge in [-0.3, -0.25) is 4.79 Å². The van der Waals surface area contributed by atoms with Crippen LogP contribution in [-0.4, -0.2) is 42.0 Å². The minimum Gasteiger partial charge on any atom is -0.368 e. The first-order chi connectivity index (χ1) is 9.76. The second-order valence-corrected chi connectivity index (χ2v) is 7.41. The third-order valence-electron chi connectivity index (χ3n) is 4.97. The summed E-state index contributed by atoms with van der Waals surface area (Å²) in [5, 5.41) is 3.32. The summed E-state index contributed by atoms with van der Waals surface area (Å²) in [4.78, 5) is 14.2. The van der Waals surface area contributed by atoms with Gasteiger partial charge in [-0.05, 0) is 66.0 Å². The summed E-state index contributed by atoms with van der Waals surface area (Å²) < 4.78 is 0. The first-order valence-electron chi connectivity index (χ1n) is 8.54. The lowest BCUT2D eigenvalue weighted by Crippen LogP contribution is -2.55. The molecule has 1 saturated carbocycles. The van der Waals surface area contributed by atoms with E-state index in [1.54, 1.807) is 0 Å². The van der Waals surface area contributed by atoms with Gasteiger partial charge in [0.1, 0.15) is 0 Å². The molecule has 21 heavy (non-hydrogen) atoms. The summed E-state index contributed by atoms with van der Waals surface area (Å²) in [5.74, 6) is 0.546. The van der Waals surface area contributed by atoms with E-state index in [1.807, 2.05) is 6.92 Å². The van der Waals surface area contributed by atoms with Crippen molar-refractivity contribution in [2.45, 2.75) is 83.8 Å². The summed E-state index contributed by atoms with van der Waals surface area (Å²) in [5.41, 5.74) is 5.00. The van der Waals surface area contributed by atoms with E-state index in [1.165, 1.54) is 25.7 Å². The monoisotopic (exact) mass is 297 g/mol. The largest absolute Gasteiger partial charge is 0.368 e. The van der Waals surface area contributed by atoms with Gasteiger partial charge < -0.3 is 16.0 Å². The first kappa shape index (κ1) is 18.4. The van der Waals surface area contributed by atoms with Gasteiger partial charge in [0.15, 0.2) is 0 Å². The van der Waals surface area contributed by atoms with E-state index in [9.17, 15) is 4.79 Å². The van der Waals surface area contributed by atoms with Gasteiger partial charge in [0.25, 0.3) is 0 Å². The van der Waals surface area contributed by atoms with Crippen molar-refractivity contribution < 1.29 is 4.79 Å². The normalized spacial score (nSPS) is 26.0. The highest BCUT2D eigenvalue weighted by molar-refractivity contribution is 5.84. The number of nitrogens with two attached hydrogens (primary N) is 1. The molecule has 1 aliphatic rings. The number of rotatable bonds is 8. The van der Waals surface area contributed by atoms with Gasteiger partial charge in [-0.2, -0.15) is 0 Å². The predicted molar refractivity (Wildman–Crippen MR) is 89.2 cm³/mol. The molecule has 124 valence electrons. The van der Waals surface area contributed by atoms with Gasteiger partial charge in [0.05, 0.1) is 5.54 Å². The Bertz CT molecular complexity index is 332. The lowest BCUT2D eigenvalue weighted by atomic mass is 9.85. The topological polar surface area (TPSA) is 58.4 Å². The van der Waals surface area contributed by atoms with Crippen molar-refractivity contribution in [3.05, 3.63) is 0 Å². The molecule has 0 spiro atoms. The second kappa shape index (κ2) is 8.14. The van der Waals surface area contributed by atoms with Crippen molar-refractivity contribution in [3.8, 4) is 0 Å². The summed E-state index contributed by atoms with van der Waals surface area (Å²) in [6.45, 7) is 9.44. The van der Waals surface area contributed by atoms with Crippen molar-refractivity contribution in [1.82, 2.24) is 10.2 Å². The maximum atomic E-state index is 11.7. The van der Waals surface area contributed by atoms with Crippen LogP contribution in [0.3, 0.4) is 0 Å². The molecule has 4 nitrogen and oxygen atoms in total. The van der Waals surface area contributed by atoms with Gasteiger partial charge in [0.2, 0.25) is 5.91 Å². The average Bonchev–Trinajstić information content (AvgIpc) is 2.38. The van der Waals surface area contributed by atoms with E-state index in [-0.39, 0.29) is 11.9 Å². The van der Waals surface area contributed by atoms with Crippen LogP contribution in [0.1, 0.15) is 66.2 Å². The fraction of sp³-hybridized carbons (Fsp3) is 0.941. The Labute approximate surface area is 130 Å². The molecule has 1 rings (SSSR count). The smallest absolute Gasteiger partial charge is 0.237 e. The second-order valence-electron chi connectivity index (χ2n) is 7.41. The Hall–Kier alpha value is -0.610. The molecule has 3 atom stereocenters. The Morgan fingerprint density at radius 2 is 2.00 bits per heavy atom. The molecule has 0 bridgehead atoms. The molecule has 1 fully saturated rings. The van der Waals surface area contributed by atoms with Gasteiger partial charge in [-0.15, -0.1) is 0 Å². The zero-order valence-corrected chi connectivity index (χ0v) is 14.6. The number of carbonyl (C=O) groups excluding carboxylic acids is 1. The number of nitrogens with zero attached hydrogens (tertiary/aromatic N) is 1. The lowest BCUT2D eigenvalue weighted by molar-refractivity contribution is -0.124. The quantitative estimate of drug-likeness (QED) is 0.724. The molecule has 1 aliphatic carbocycles. The molecule has 0 saturated heterocycles. The number of hydrogen-bond donors (Lipinski definition) is 2. The van der Waals surface area contributed by atoms with Crippen LogP contribution in [0.25, 0.3) is 0 Å². The van der Waals surface area contributed by atoms with Crippen LogP contribution in [0, 0.1) is 5.92 Å². The van der Waals surface area contributed by atoms with Gasteiger partial charge in [0, 0.05) is 12.1 Å². The van der Waals surface area contributed by atoms with Gasteiger partial charge >= 0.3 is 0 Å². The lowest BCUT2D eigenvalue weighted by Gasteiger charge is -2.37. The molecular formula is C17H35N3O. The van der Waals surface area contributed by atoms with E-state index in [4.69, 9.17) is 5.73 Å². The van der Waals surface area contributed by atoms with E-state index in [0.717, 1.165) is 25.3 Å². The van der Waals surface area contributed by atoms with E-state index >= 15 is 0 Å². The van der Waals surface area contributed by atoms with Crippen LogP contribution in [-0.2, 0) is 4.79 Å². The van der Waals surface area contributed by atoms with Gasteiger partial charge in [-0.1, -0.05) is 19.8 Å². The van der Waals surface area contributed by atoms with Crippen LogP contribution in [0.5, 0.6) is 0 Å². The molecule has 1 amide bonds. The zero-order chi connectivity index (χ0) is 16.0. The molecule has 3 unspecified atom stereocenters. The maximum absolute atomic E-state index is 11.7. The number of primary amides is 1. The summed E-state index contributed by atoms with van der Waals surface area (Å²) in [6, 6.07) is 0.968. The van der Waals surface area contributed by atoms with Crippen molar-refractivity contribution >= 4 is 5.91 Å². The average molecular weight is 297 g/mol. The molecule has 0 heterocycles. The van der Waals surface area contributed by atoms with Crippen molar-refractivity contribution in [3.63, 3.8) is 0 Å². The van der Waals surface area contributed by atoms with E-state index in [0.29, 0.717) is 6.04 Å². The number of nitrogens with one attached hydrogen (secondary N) is 1. The Kier molecular flexibility index (Phi) is 7.14. The fourth-order valence-corrected chi connectivity index (χ4v) is 3.70.